The van der Waals surface area contributed by atoms with Crippen molar-refractivity contribution < 1.29 is 118 Å². The molecule has 0 unspecified atom stereocenters. The second-order valence-electron chi connectivity index (χ2n) is 47.7. The molecule has 0 saturated carbocycles. The standard InChI is InChI=1S/2C12H24N2.2C10H20N2.2C8H16N2.6C4H11Si.6C3H7N.6C2H5.6W/c2*1-7-11(3,4)13-9-10-14-12(5,6)8-2;2*1-9(2,3)11-7-8-12-10(4,5)6;2*1-7(2)9-5-6-10-8(3)4;6*1-5(2,3)4;6*1-3(2)4;6*1-2;;;;;;/h2*9-10H,7-8H2,1-6H3;2*7-8H,1-6H3;2*5-8H,1-4H3;6*1H2,2-4H3;6*3H,1-2H3;6*1H2,2H3;;;;;;/q6*-2;6*-1;;;;;;;6*-1;;;;;;. The average Bonchev–Trinajstić information content (AvgIpc) is 0.940. The maximum absolute atomic E-state index is 4.44. The zero-order valence-electron chi connectivity index (χ0n) is 110. The Morgan fingerprint density at radius 1 is 0.188 bits per heavy atom. The van der Waals surface area contributed by atoms with E-state index in [1.807, 2.05) is 80.2 Å². The van der Waals surface area contributed by atoms with Gasteiger partial charge in [0.15, 0.2) is 0 Å². The SMILES string of the molecule is CC(C)(C)[N-]C=C[N-]C(C)(C)C.CC(C)(C)[N-]C=C[N-]C(C)(C)C.CC(C)[N-]C=C[N-]C(C)C.CC(C)[N-]C=C[N-]C(C)C.CC(C)[N]=[W].CC(C)[N]=[W].CC(C)[N]=[W].CC(C)[N]=[W].CC(C)[N]=[W].CC(C)[N]=[W].CCC(C)(C)[N-]C=C[N-]C(C)(C)CC.CCC(C)(C)[N-]C=C[N-]C(C)(C)CC.[CH2-]C.[CH2-]C.[CH2-]C.[CH2-]C.[CH2-]C.[CH2-]C.[CH2-][Si](C)(C)C.[CH2-][Si](C)(C)C.[CH2-][Si](C)(C)C.[CH2-][Si](C)(C)C.[CH2-][Si](C)(C)C.[CH2-][Si](C)(C)C. The largest absolute Gasteiger partial charge is 0.687 e. The van der Waals surface area contributed by atoms with Crippen LogP contribution in [0.25, 0.3) is 63.8 Å². The van der Waals surface area contributed by atoms with E-state index < -0.39 is 48.4 Å². The number of rotatable bonds is 30. The Morgan fingerprint density at radius 2 is 0.257 bits per heavy atom. The summed E-state index contributed by atoms with van der Waals surface area (Å²) in [5.74, 6) is 0. The quantitative estimate of drug-likeness (QED) is 0.0481. The number of hydrogen-bond donors (Lipinski definition) is 0. The minimum atomic E-state index is -0.861. The molecule has 888 valence electrons. The fourth-order valence-electron chi connectivity index (χ4n) is 3.18. The van der Waals surface area contributed by atoms with Gasteiger partial charge in [-0.1, -0.05) is 365 Å². The molecule has 0 atom stereocenters. The van der Waals surface area contributed by atoms with Crippen LogP contribution >= 0.6 is 0 Å². The Labute approximate surface area is 990 Å². The van der Waals surface area contributed by atoms with E-state index in [-0.39, 0.29) is 44.3 Å². The van der Waals surface area contributed by atoms with E-state index in [9.17, 15) is 0 Å². The van der Waals surface area contributed by atoms with Crippen LogP contribution in [0.5, 0.6) is 0 Å². The molecule has 0 bridgehead atoms. The fourth-order valence-corrected chi connectivity index (χ4v) is 3.18. The fraction of sp³-hybridized carbons (Fsp3) is 0.789. The smallest absolute Gasteiger partial charge is 0.0663 e. The van der Waals surface area contributed by atoms with Crippen molar-refractivity contribution in [2.75, 3.05) is 0 Å². The van der Waals surface area contributed by atoms with Gasteiger partial charge in [-0.05, 0) is 0 Å². The first-order chi connectivity index (χ1) is 63.9. The van der Waals surface area contributed by atoms with Gasteiger partial charge in [-0.2, -0.15) is 41.5 Å². The van der Waals surface area contributed by atoms with E-state index in [0.29, 0.717) is 60.4 Å². The van der Waals surface area contributed by atoms with Gasteiger partial charge in [0.05, 0.1) is 0 Å². The van der Waals surface area contributed by atoms with Gasteiger partial charge in [0, 0.05) is 0 Å². The first-order valence-corrected chi connectivity index (χ1v) is 81.8. The Bertz CT molecular complexity index is 2210. The van der Waals surface area contributed by atoms with Gasteiger partial charge < -0.3 is 145 Å². The molecule has 0 amide bonds. The van der Waals surface area contributed by atoms with Crippen molar-refractivity contribution in [1.82, 2.24) is 0 Å². The molecule has 18 nitrogen and oxygen atoms in total. The molecule has 0 aromatic carbocycles. The van der Waals surface area contributed by atoms with Crippen molar-refractivity contribution in [3.8, 4) is 0 Å². The Morgan fingerprint density at radius 3 is 0.306 bits per heavy atom. The van der Waals surface area contributed by atoms with Crippen LogP contribution in [0.1, 0.15) is 372 Å². The molecule has 0 spiro atoms. The molecule has 0 aliphatic rings. The molecule has 0 fully saturated rings. The molecule has 0 rings (SSSR count). The van der Waals surface area contributed by atoms with Gasteiger partial charge in [0.25, 0.3) is 0 Å². The molecule has 0 N–H and O–H groups in total. The first kappa shape index (κ1) is 205. The van der Waals surface area contributed by atoms with Crippen molar-refractivity contribution in [3.05, 3.63) is 219 Å². The molecular formula is C114H258N18Si6W6-24. The molecule has 0 aliphatic heterocycles. The summed E-state index contributed by atoms with van der Waals surface area (Å²) in [4.78, 5) is 0. The van der Waals surface area contributed by atoms with E-state index >= 15 is 0 Å². The Kier molecular flexibility index (Phi) is 188. The van der Waals surface area contributed by atoms with Crippen molar-refractivity contribution in [1.29, 1.82) is 0 Å². The summed E-state index contributed by atoms with van der Waals surface area (Å²) in [6.07, 6.45) is 25.6. The van der Waals surface area contributed by atoms with Crippen LogP contribution < -0.4 is 0 Å². The summed E-state index contributed by atoms with van der Waals surface area (Å²) >= 11 is 7.97. The average molecular weight is 3150 g/mol. The molecule has 144 heavy (non-hydrogen) atoms. The summed E-state index contributed by atoms with van der Waals surface area (Å²) in [5.41, 5.74) is 0.192. The van der Waals surface area contributed by atoms with Gasteiger partial charge in [0.2, 0.25) is 0 Å². The minimum Gasteiger partial charge on any atom is -0.687 e. The van der Waals surface area contributed by atoms with Gasteiger partial charge in [-0.25, -0.2) is 74.4 Å². The van der Waals surface area contributed by atoms with Crippen molar-refractivity contribution in [2.45, 2.75) is 594 Å². The minimum absolute atomic E-state index is 0.00387. The van der Waals surface area contributed by atoms with Crippen molar-refractivity contribution in [3.63, 3.8) is 0 Å². The zero-order chi connectivity index (χ0) is 123. The predicted molar refractivity (Wildman–Crippen MR) is 676 cm³/mol. The molecule has 30 heteroatoms. The zero-order valence-corrected chi connectivity index (χ0v) is 133. The van der Waals surface area contributed by atoms with E-state index in [1.165, 1.54) is 118 Å². The topological polar surface area (TPSA) is 243 Å². The van der Waals surface area contributed by atoms with Crippen molar-refractivity contribution >= 4 is 48.4 Å². The Hall–Kier alpha value is 0.271. The summed E-state index contributed by atoms with van der Waals surface area (Å²) in [6, 6.07) is 4.77. The molecule has 0 aromatic rings. The molecule has 0 aromatic heterocycles. The van der Waals surface area contributed by atoms with Crippen LogP contribution in [-0.4, -0.2) is 153 Å². The molecule has 0 aliphatic carbocycles. The van der Waals surface area contributed by atoms with Crippen molar-refractivity contribution in [2.24, 2.45) is 21.0 Å². The summed E-state index contributed by atoms with van der Waals surface area (Å²) in [6.45, 7) is 185. The third kappa shape index (κ3) is 515. The molecule has 0 radical (unpaired) electrons. The number of hydrogen-bond acceptors (Lipinski definition) is 6. The van der Waals surface area contributed by atoms with E-state index in [2.05, 4.69) is 533 Å². The second kappa shape index (κ2) is 132. The van der Waals surface area contributed by atoms with Crippen LogP contribution in [-0.2, 0) is 118 Å². The summed E-state index contributed by atoms with van der Waals surface area (Å²) < 4.78 is 23.8. The molecule has 0 saturated heterocycles. The Balaban J connectivity index is -0.0000000485. The monoisotopic (exact) mass is 3150 g/mol. The van der Waals surface area contributed by atoms with Gasteiger partial charge in [-0.3, -0.25) is 0 Å². The van der Waals surface area contributed by atoms with Crippen LogP contribution in [0.3, 0.4) is 0 Å². The van der Waals surface area contributed by atoms with Crippen LogP contribution in [0.4, 0.5) is 0 Å². The first-order valence-electron chi connectivity index (χ1n) is 51.7. The summed E-state index contributed by atoms with van der Waals surface area (Å²) in [7, 11) is -5.17. The maximum atomic E-state index is 4.44. The van der Waals surface area contributed by atoms with Gasteiger partial charge in [-0.15, -0.1) is 117 Å². The maximum Gasteiger partial charge on any atom is -0.0663 e. The normalized spacial score (nSPS) is 11.0. The molecule has 0 heterocycles. The van der Waals surface area contributed by atoms with Gasteiger partial charge in [0.1, 0.15) is 0 Å². The summed E-state index contributed by atoms with van der Waals surface area (Å²) in [5, 5.41) is 51.4. The van der Waals surface area contributed by atoms with E-state index in [0.717, 1.165) is 25.7 Å². The third-order valence-electron chi connectivity index (χ3n) is 10.2. The second-order valence-corrected chi connectivity index (χ2v) is 83.0. The predicted octanol–water partition coefficient (Wildman–Crippen LogP) is 44.8. The third-order valence-corrected chi connectivity index (χ3v) is 19.3. The van der Waals surface area contributed by atoms with Crippen LogP contribution in [0, 0.1) is 80.8 Å². The van der Waals surface area contributed by atoms with Crippen LogP contribution in [0.15, 0.2) is 95.4 Å². The van der Waals surface area contributed by atoms with E-state index in [4.69, 9.17) is 0 Å². The van der Waals surface area contributed by atoms with Crippen LogP contribution in [0.2, 0.25) is 118 Å². The number of nitrogens with zero attached hydrogens (tertiary/aromatic N) is 18. The molecular weight excluding hydrogens is 2890 g/mol. The van der Waals surface area contributed by atoms with Gasteiger partial charge >= 0.3 is 258 Å². The van der Waals surface area contributed by atoms with E-state index in [1.54, 1.807) is 91.1 Å².